The lowest BCUT2D eigenvalue weighted by Gasteiger charge is -2.30. The second-order valence-corrected chi connectivity index (χ2v) is 9.21. The molecule has 0 spiro atoms. The van der Waals surface area contributed by atoms with E-state index in [9.17, 15) is 22.8 Å². The Morgan fingerprint density at radius 3 is 2.47 bits per heavy atom. The smallest absolute Gasteiger partial charge is 0.410 e. The van der Waals surface area contributed by atoms with Gasteiger partial charge in [-0.05, 0) is 71.3 Å². The summed E-state index contributed by atoms with van der Waals surface area (Å²) in [5, 5.41) is 2.89. The highest BCUT2D eigenvalue weighted by molar-refractivity contribution is 5.78. The fourth-order valence-electron chi connectivity index (χ4n) is 3.87. The maximum absolute atomic E-state index is 12.6. The average Bonchev–Trinajstić information content (AvgIpc) is 2.64. The normalized spacial score (nSPS) is 24.5. The van der Waals surface area contributed by atoms with Crippen LogP contribution in [0.5, 0.6) is 0 Å². The van der Waals surface area contributed by atoms with Crippen molar-refractivity contribution in [3.05, 3.63) is 17.5 Å². The first kappa shape index (κ1) is 24.3. The highest BCUT2D eigenvalue weighted by Crippen LogP contribution is 2.38. The van der Waals surface area contributed by atoms with E-state index in [0.717, 1.165) is 0 Å². The van der Waals surface area contributed by atoms with Gasteiger partial charge in [0.15, 0.2) is 0 Å². The number of ether oxygens (including phenoxy) is 1. The molecule has 0 bridgehead atoms. The largest absolute Gasteiger partial charge is 0.444 e. The molecular formula is C22H33F3N2O3. The minimum Gasteiger partial charge on any atom is -0.444 e. The molecule has 5 nitrogen and oxygen atoms in total. The zero-order valence-electron chi connectivity index (χ0n) is 18.1. The molecule has 170 valence electrons. The van der Waals surface area contributed by atoms with Crippen LogP contribution in [0, 0.1) is 11.8 Å². The summed E-state index contributed by atoms with van der Waals surface area (Å²) in [6, 6.07) is 0. The third-order valence-corrected chi connectivity index (χ3v) is 5.34. The minimum absolute atomic E-state index is 0.0115. The third kappa shape index (κ3) is 8.82. The number of alkyl halides is 3. The van der Waals surface area contributed by atoms with Gasteiger partial charge in [-0.2, -0.15) is 13.2 Å². The average molecular weight is 431 g/mol. The Balaban J connectivity index is 1.95. The number of allylic oxidation sites excluding steroid dienone is 1. The van der Waals surface area contributed by atoms with Crippen molar-refractivity contribution in [2.24, 2.45) is 11.8 Å². The molecule has 0 saturated heterocycles. The zero-order valence-corrected chi connectivity index (χ0v) is 18.1. The molecule has 1 heterocycles. The van der Waals surface area contributed by atoms with E-state index in [-0.39, 0.29) is 30.7 Å². The number of carbonyl (C=O) groups is 2. The Bertz CT molecular complexity index is 668. The first-order valence-corrected chi connectivity index (χ1v) is 10.7. The van der Waals surface area contributed by atoms with E-state index in [1.165, 1.54) is 0 Å². The van der Waals surface area contributed by atoms with Crippen LogP contribution in [-0.2, 0) is 9.53 Å². The lowest BCUT2D eigenvalue weighted by molar-refractivity contribution is -0.146. The van der Waals surface area contributed by atoms with Gasteiger partial charge in [-0.3, -0.25) is 4.79 Å². The number of nitrogens with zero attached hydrogens (tertiary/aromatic N) is 1. The van der Waals surface area contributed by atoms with Gasteiger partial charge in [0.05, 0.1) is 5.70 Å². The van der Waals surface area contributed by atoms with Gasteiger partial charge in [-0.1, -0.05) is 0 Å². The van der Waals surface area contributed by atoms with Crippen molar-refractivity contribution in [3.8, 4) is 0 Å². The molecule has 1 N–H and O–H groups in total. The fraction of sp³-hybridized carbons (Fsp3) is 0.773. The zero-order chi connectivity index (χ0) is 22.4. The standard InChI is InChI=1S/C22H33F3N2O3/c1-21(2,3)30-20(29)27-13-6-4-5-7-18(26-19(28)12-14-27)17-10-8-16(9-11-17)15-22(23,24)25/h5,16-17H,4,6,8-15H2,1-3H3,(H,26,28). The number of hydrogen-bond acceptors (Lipinski definition) is 3. The molecule has 1 aliphatic carbocycles. The van der Waals surface area contributed by atoms with Crippen LogP contribution in [0.1, 0.15) is 72.1 Å². The monoisotopic (exact) mass is 430 g/mol. The van der Waals surface area contributed by atoms with Crippen LogP contribution in [-0.4, -0.2) is 41.8 Å². The lowest BCUT2D eigenvalue weighted by Crippen LogP contribution is -2.39. The Kier molecular flexibility index (Phi) is 8.42. The number of hydrogen-bond donors (Lipinski definition) is 1. The molecule has 0 aromatic heterocycles. The van der Waals surface area contributed by atoms with Crippen LogP contribution < -0.4 is 5.32 Å². The molecule has 1 aliphatic heterocycles. The molecule has 0 aromatic carbocycles. The lowest BCUT2D eigenvalue weighted by atomic mass is 9.79. The van der Waals surface area contributed by atoms with E-state index in [0.29, 0.717) is 50.8 Å². The predicted octanol–water partition coefficient (Wildman–Crippen LogP) is 5.32. The first-order valence-electron chi connectivity index (χ1n) is 10.7. The summed E-state index contributed by atoms with van der Waals surface area (Å²) in [7, 11) is 0. The molecule has 0 atom stereocenters. The van der Waals surface area contributed by atoms with Gasteiger partial charge < -0.3 is 15.0 Å². The van der Waals surface area contributed by atoms with E-state index in [1.54, 1.807) is 25.7 Å². The van der Waals surface area contributed by atoms with Gasteiger partial charge in [-0.15, -0.1) is 5.73 Å². The van der Waals surface area contributed by atoms with Crippen LogP contribution in [0.3, 0.4) is 0 Å². The summed E-state index contributed by atoms with van der Waals surface area (Å²) >= 11 is 0. The summed E-state index contributed by atoms with van der Waals surface area (Å²) in [6.07, 6.45) is 0.297. The Labute approximate surface area is 176 Å². The summed E-state index contributed by atoms with van der Waals surface area (Å²) in [5.74, 6) is -0.553. The molecule has 2 aliphatic rings. The molecule has 1 fully saturated rings. The molecule has 1 saturated carbocycles. The molecule has 0 radical (unpaired) electrons. The summed E-state index contributed by atoms with van der Waals surface area (Å²) in [5.41, 5.74) is 3.22. The van der Waals surface area contributed by atoms with Gasteiger partial charge in [0.25, 0.3) is 0 Å². The van der Waals surface area contributed by atoms with Crippen molar-refractivity contribution in [3.63, 3.8) is 0 Å². The van der Waals surface area contributed by atoms with Crippen LogP contribution >= 0.6 is 0 Å². The van der Waals surface area contributed by atoms with Crippen molar-refractivity contribution in [1.29, 1.82) is 0 Å². The highest BCUT2D eigenvalue weighted by Gasteiger charge is 2.34. The maximum Gasteiger partial charge on any atom is 0.410 e. The number of rotatable bonds is 2. The molecule has 30 heavy (non-hydrogen) atoms. The fourth-order valence-corrected chi connectivity index (χ4v) is 3.87. The molecule has 0 unspecified atom stereocenters. The maximum atomic E-state index is 12.6. The van der Waals surface area contributed by atoms with Crippen molar-refractivity contribution in [2.75, 3.05) is 13.1 Å². The Morgan fingerprint density at radius 1 is 1.20 bits per heavy atom. The van der Waals surface area contributed by atoms with Gasteiger partial charge in [-0.25, -0.2) is 4.79 Å². The predicted molar refractivity (Wildman–Crippen MR) is 108 cm³/mol. The number of halogens is 3. The molecule has 2 rings (SSSR count). The van der Waals surface area contributed by atoms with Crippen molar-refractivity contribution in [1.82, 2.24) is 10.2 Å². The summed E-state index contributed by atoms with van der Waals surface area (Å²) in [4.78, 5) is 26.4. The second kappa shape index (κ2) is 10.4. The van der Waals surface area contributed by atoms with Gasteiger partial charge in [0, 0.05) is 31.8 Å². The van der Waals surface area contributed by atoms with Crippen molar-refractivity contribution < 1.29 is 27.5 Å². The van der Waals surface area contributed by atoms with Crippen LogP contribution in [0.25, 0.3) is 0 Å². The van der Waals surface area contributed by atoms with E-state index in [2.05, 4.69) is 11.0 Å². The number of carbonyl (C=O) groups excluding carboxylic acids is 2. The first-order chi connectivity index (χ1) is 13.9. The highest BCUT2D eigenvalue weighted by atomic mass is 19.4. The Hall–Kier alpha value is -1.95. The van der Waals surface area contributed by atoms with E-state index < -0.39 is 24.3 Å². The molecular weight excluding hydrogens is 397 g/mol. The number of nitrogens with one attached hydrogen (secondary N) is 1. The van der Waals surface area contributed by atoms with Crippen molar-refractivity contribution in [2.45, 2.75) is 83.9 Å². The van der Waals surface area contributed by atoms with Crippen LogP contribution in [0.2, 0.25) is 0 Å². The SMILES string of the molecule is CC(C)(C)OC(=O)N1CCCC=C=C(C2CCC(CC(F)(F)F)CC2)NC(=O)CC1. The molecule has 0 aromatic rings. The van der Waals surface area contributed by atoms with Gasteiger partial charge in [0.1, 0.15) is 5.60 Å². The molecule has 2 amide bonds. The van der Waals surface area contributed by atoms with Crippen LogP contribution in [0.4, 0.5) is 18.0 Å². The summed E-state index contributed by atoms with van der Waals surface area (Å²) in [6.45, 7) is 6.13. The number of amides is 2. The Morgan fingerprint density at radius 2 is 1.87 bits per heavy atom. The van der Waals surface area contributed by atoms with E-state index >= 15 is 0 Å². The minimum atomic E-state index is -4.13. The molecule has 8 heteroatoms. The van der Waals surface area contributed by atoms with Crippen LogP contribution in [0.15, 0.2) is 17.5 Å². The van der Waals surface area contributed by atoms with Gasteiger partial charge in [0.2, 0.25) is 5.91 Å². The second-order valence-electron chi connectivity index (χ2n) is 9.21. The summed E-state index contributed by atoms with van der Waals surface area (Å²) < 4.78 is 43.3. The third-order valence-electron chi connectivity index (χ3n) is 5.34. The van der Waals surface area contributed by atoms with E-state index in [1.807, 2.05) is 6.08 Å². The quantitative estimate of drug-likeness (QED) is 0.603. The topological polar surface area (TPSA) is 58.6 Å². The van der Waals surface area contributed by atoms with E-state index in [4.69, 9.17) is 4.74 Å². The van der Waals surface area contributed by atoms with Gasteiger partial charge >= 0.3 is 12.3 Å². The van der Waals surface area contributed by atoms with Crippen molar-refractivity contribution >= 4 is 12.0 Å².